The Balaban J connectivity index is 3.47. The molecule has 0 aliphatic heterocycles. The first-order valence-corrected chi connectivity index (χ1v) is 4.01. The van der Waals surface area contributed by atoms with Crippen molar-refractivity contribution in [2.45, 2.75) is 20.0 Å². The van der Waals surface area contributed by atoms with Crippen LogP contribution >= 0.6 is 0 Å². The molecule has 0 radical (unpaired) electrons. The number of halogens is 2. The number of hydrogen-bond acceptors (Lipinski definition) is 4. The minimum Gasteiger partial charge on any atom is -0.390 e. The molecule has 0 aliphatic carbocycles. The Morgan fingerprint density at radius 2 is 2.27 bits per heavy atom. The summed E-state index contributed by atoms with van der Waals surface area (Å²) in [5.41, 5.74) is -1.65. The number of nitro groups is 1. The van der Waals surface area contributed by atoms with Crippen molar-refractivity contribution in [1.82, 2.24) is 4.98 Å². The molecule has 1 heterocycles. The smallest absolute Gasteiger partial charge is 0.282 e. The Bertz CT molecular complexity index is 396. The summed E-state index contributed by atoms with van der Waals surface area (Å²) in [4.78, 5) is 13.2. The summed E-state index contributed by atoms with van der Waals surface area (Å²) < 4.78 is 25.0. The van der Waals surface area contributed by atoms with Gasteiger partial charge in [0, 0.05) is 11.8 Å². The zero-order chi connectivity index (χ0) is 11.6. The van der Waals surface area contributed by atoms with E-state index in [1.54, 1.807) is 0 Å². The minimum absolute atomic E-state index is 0.218. The van der Waals surface area contributed by atoms with Crippen molar-refractivity contribution in [3.05, 3.63) is 33.1 Å². The Hall–Kier alpha value is -1.63. The third-order valence-corrected chi connectivity index (χ3v) is 1.81. The van der Waals surface area contributed by atoms with Crippen molar-refractivity contribution >= 4 is 5.69 Å². The summed E-state index contributed by atoms with van der Waals surface area (Å²) in [5.74, 6) is 0. The van der Waals surface area contributed by atoms with Crippen molar-refractivity contribution in [2.24, 2.45) is 0 Å². The van der Waals surface area contributed by atoms with Gasteiger partial charge < -0.3 is 5.11 Å². The van der Waals surface area contributed by atoms with Gasteiger partial charge >= 0.3 is 0 Å². The van der Waals surface area contributed by atoms with Crippen LogP contribution < -0.4 is 0 Å². The Morgan fingerprint density at radius 1 is 1.67 bits per heavy atom. The first-order chi connectivity index (χ1) is 6.97. The maximum atomic E-state index is 12.5. The molecule has 0 bridgehead atoms. The molecule has 0 atom stereocenters. The lowest BCUT2D eigenvalue weighted by molar-refractivity contribution is -0.386. The van der Waals surface area contributed by atoms with E-state index in [4.69, 9.17) is 5.11 Å². The van der Waals surface area contributed by atoms with Gasteiger partial charge in [0.05, 0.1) is 17.2 Å². The van der Waals surface area contributed by atoms with Crippen LogP contribution in [0.2, 0.25) is 0 Å². The Kier molecular flexibility index (Phi) is 3.25. The monoisotopic (exact) mass is 218 g/mol. The fraction of sp³-hybridized carbons (Fsp3) is 0.375. The number of alkyl halides is 2. The molecule has 5 nitrogen and oxygen atoms in total. The topological polar surface area (TPSA) is 76.3 Å². The van der Waals surface area contributed by atoms with Crippen LogP contribution in [0.1, 0.15) is 23.4 Å². The van der Waals surface area contributed by atoms with Crippen LogP contribution in [0.25, 0.3) is 0 Å². The molecule has 0 aromatic carbocycles. The lowest BCUT2D eigenvalue weighted by Crippen LogP contribution is -2.05. The van der Waals surface area contributed by atoms with Crippen LogP contribution in [-0.2, 0) is 6.61 Å². The zero-order valence-corrected chi connectivity index (χ0v) is 7.78. The fourth-order valence-corrected chi connectivity index (χ4v) is 1.24. The van der Waals surface area contributed by atoms with Crippen molar-refractivity contribution in [3.8, 4) is 0 Å². The van der Waals surface area contributed by atoms with E-state index in [0.29, 0.717) is 0 Å². The van der Waals surface area contributed by atoms with Gasteiger partial charge in [0.2, 0.25) is 0 Å². The second-order valence-corrected chi connectivity index (χ2v) is 2.86. The van der Waals surface area contributed by atoms with Gasteiger partial charge in [0.1, 0.15) is 5.56 Å². The van der Waals surface area contributed by atoms with Crippen LogP contribution in [0.5, 0.6) is 0 Å². The predicted octanol–water partition coefficient (Wildman–Crippen LogP) is 1.73. The molecule has 0 amide bonds. The van der Waals surface area contributed by atoms with Gasteiger partial charge in [-0.3, -0.25) is 15.1 Å². The molecule has 0 saturated heterocycles. The summed E-state index contributed by atoms with van der Waals surface area (Å²) >= 11 is 0. The summed E-state index contributed by atoms with van der Waals surface area (Å²) in [5, 5.41) is 19.3. The van der Waals surface area contributed by atoms with E-state index in [-0.39, 0.29) is 11.4 Å². The molecule has 1 N–H and O–H groups in total. The van der Waals surface area contributed by atoms with E-state index >= 15 is 0 Å². The summed E-state index contributed by atoms with van der Waals surface area (Å²) in [6, 6.07) is 0.959. The molecular weight excluding hydrogens is 210 g/mol. The quantitative estimate of drug-likeness (QED) is 0.619. The number of aliphatic hydroxyl groups excluding tert-OH is 1. The third kappa shape index (κ3) is 2.24. The molecule has 1 rings (SSSR count). The van der Waals surface area contributed by atoms with Crippen LogP contribution in [0, 0.1) is 17.0 Å². The Labute approximate surface area is 83.5 Å². The molecule has 15 heavy (non-hydrogen) atoms. The number of nitrogens with zero attached hydrogens (tertiary/aromatic N) is 2. The van der Waals surface area contributed by atoms with Crippen LogP contribution in [0.15, 0.2) is 6.07 Å². The highest BCUT2D eigenvalue weighted by atomic mass is 19.3. The molecule has 1 aromatic heterocycles. The minimum atomic E-state index is -3.03. The molecule has 0 unspecified atom stereocenters. The van der Waals surface area contributed by atoms with E-state index in [9.17, 15) is 18.9 Å². The second-order valence-electron chi connectivity index (χ2n) is 2.86. The number of rotatable bonds is 3. The Morgan fingerprint density at radius 3 is 2.67 bits per heavy atom. The zero-order valence-electron chi connectivity index (χ0n) is 7.78. The largest absolute Gasteiger partial charge is 0.390 e. The van der Waals surface area contributed by atoms with Crippen LogP contribution in [-0.4, -0.2) is 15.0 Å². The third-order valence-electron chi connectivity index (χ3n) is 1.81. The summed E-state index contributed by atoms with van der Waals surface area (Å²) in [7, 11) is 0. The van der Waals surface area contributed by atoms with Crippen LogP contribution in [0.4, 0.5) is 14.5 Å². The maximum absolute atomic E-state index is 12.5. The molecule has 0 saturated carbocycles. The number of aliphatic hydroxyl groups is 1. The van der Waals surface area contributed by atoms with Crippen molar-refractivity contribution in [3.63, 3.8) is 0 Å². The van der Waals surface area contributed by atoms with Gasteiger partial charge in [-0.2, -0.15) is 0 Å². The highest BCUT2D eigenvalue weighted by molar-refractivity contribution is 5.44. The first kappa shape index (κ1) is 11.4. The first-order valence-electron chi connectivity index (χ1n) is 4.01. The highest BCUT2D eigenvalue weighted by Gasteiger charge is 2.26. The average Bonchev–Trinajstić information content (AvgIpc) is 2.15. The lowest BCUT2D eigenvalue weighted by atomic mass is 10.1. The predicted molar refractivity (Wildman–Crippen MR) is 46.5 cm³/mol. The molecule has 82 valence electrons. The summed E-state index contributed by atoms with van der Waals surface area (Å²) in [6.07, 6.45) is -3.03. The fourth-order valence-electron chi connectivity index (χ4n) is 1.24. The van der Waals surface area contributed by atoms with Gasteiger partial charge in [-0.05, 0) is 6.92 Å². The SMILES string of the molecule is Cc1cc([N+](=O)[O-])c(C(F)F)c(CO)n1. The maximum Gasteiger partial charge on any atom is 0.282 e. The molecule has 0 fully saturated rings. The normalized spacial score (nSPS) is 10.7. The second kappa shape index (κ2) is 4.26. The number of pyridine rings is 1. The number of hydrogen-bond donors (Lipinski definition) is 1. The van der Waals surface area contributed by atoms with E-state index in [0.717, 1.165) is 6.07 Å². The molecule has 0 spiro atoms. The highest BCUT2D eigenvalue weighted by Crippen LogP contribution is 2.31. The van der Waals surface area contributed by atoms with Crippen LogP contribution in [0.3, 0.4) is 0 Å². The number of aryl methyl sites for hydroxylation is 1. The van der Waals surface area contributed by atoms with Crippen molar-refractivity contribution in [1.29, 1.82) is 0 Å². The van der Waals surface area contributed by atoms with E-state index in [1.807, 2.05) is 0 Å². The van der Waals surface area contributed by atoms with E-state index in [2.05, 4.69) is 4.98 Å². The van der Waals surface area contributed by atoms with E-state index in [1.165, 1.54) is 6.92 Å². The molecular formula is C8H8F2N2O3. The average molecular weight is 218 g/mol. The number of aromatic nitrogens is 1. The lowest BCUT2D eigenvalue weighted by Gasteiger charge is -2.07. The standard InChI is InChI=1S/C8H8F2N2O3/c1-4-2-6(12(14)15)7(8(9)10)5(3-13)11-4/h2,8,13H,3H2,1H3. The van der Waals surface area contributed by atoms with Crippen molar-refractivity contribution in [2.75, 3.05) is 0 Å². The van der Waals surface area contributed by atoms with Gasteiger partial charge in [0.15, 0.2) is 0 Å². The molecule has 7 heteroatoms. The summed E-state index contributed by atoms with van der Waals surface area (Å²) in [6.45, 7) is 0.684. The van der Waals surface area contributed by atoms with E-state index < -0.39 is 29.2 Å². The van der Waals surface area contributed by atoms with Gasteiger partial charge in [-0.25, -0.2) is 8.78 Å². The molecule has 0 aliphatic rings. The van der Waals surface area contributed by atoms with Gasteiger partial charge in [-0.15, -0.1) is 0 Å². The van der Waals surface area contributed by atoms with Gasteiger partial charge in [0.25, 0.3) is 12.1 Å². The molecule has 1 aromatic rings. The van der Waals surface area contributed by atoms with Gasteiger partial charge in [-0.1, -0.05) is 0 Å². The van der Waals surface area contributed by atoms with Crippen molar-refractivity contribution < 1.29 is 18.8 Å².